The molecule has 1 aliphatic rings. The molecule has 2 N–H and O–H groups in total. The summed E-state index contributed by atoms with van der Waals surface area (Å²) in [6, 6.07) is 9.01. The van der Waals surface area contributed by atoms with E-state index >= 15 is 0 Å². The predicted octanol–water partition coefficient (Wildman–Crippen LogP) is 2.23. The molecule has 1 fully saturated rings. The zero-order valence-electron chi connectivity index (χ0n) is 12.3. The van der Waals surface area contributed by atoms with Crippen LogP contribution in [0.5, 0.6) is 0 Å². The molecule has 1 aliphatic heterocycles. The van der Waals surface area contributed by atoms with Gasteiger partial charge in [0.1, 0.15) is 0 Å². The molecular weight excluding hydrogens is 234 g/mol. The van der Waals surface area contributed by atoms with Crippen molar-refractivity contribution in [1.82, 2.24) is 9.80 Å². The van der Waals surface area contributed by atoms with Gasteiger partial charge < -0.3 is 15.5 Å². The van der Waals surface area contributed by atoms with Gasteiger partial charge in [-0.3, -0.25) is 0 Å². The fraction of sp³-hybridized carbons (Fsp3) is 0.625. The molecule has 3 heteroatoms. The second-order valence-electron chi connectivity index (χ2n) is 5.91. The van der Waals surface area contributed by atoms with Crippen molar-refractivity contribution < 1.29 is 0 Å². The lowest BCUT2D eigenvalue weighted by atomic mass is 10.0. The number of hydrogen-bond acceptors (Lipinski definition) is 3. The van der Waals surface area contributed by atoms with Crippen molar-refractivity contribution in [1.29, 1.82) is 0 Å². The largest absolute Gasteiger partial charge is 0.399 e. The first kappa shape index (κ1) is 14.4. The van der Waals surface area contributed by atoms with E-state index in [1.165, 1.54) is 44.5 Å². The SMILES string of the molecule is CN(C)C1CCCN(CCCc2cccc(N)c2)C1. The summed E-state index contributed by atoms with van der Waals surface area (Å²) in [4.78, 5) is 4.98. The molecule has 0 spiro atoms. The van der Waals surface area contributed by atoms with E-state index < -0.39 is 0 Å². The van der Waals surface area contributed by atoms with Crippen LogP contribution in [0.15, 0.2) is 24.3 Å². The van der Waals surface area contributed by atoms with Crippen LogP contribution in [0.2, 0.25) is 0 Å². The lowest BCUT2D eigenvalue weighted by Gasteiger charge is -2.36. The van der Waals surface area contributed by atoms with Crippen molar-refractivity contribution in [2.75, 3.05) is 39.5 Å². The number of nitrogens with two attached hydrogens (primary N) is 1. The standard InChI is InChI=1S/C16H27N3/c1-18(2)16-9-5-11-19(13-16)10-4-7-14-6-3-8-15(17)12-14/h3,6,8,12,16H,4-5,7,9-11,13,17H2,1-2H3. The van der Waals surface area contributed by atoms with Crippen molar-refractivity contribution in [3.63, 3.8) is 0 Å². The monoisotopic (exact) mass is 261 g/mol. The molecule has 0 bridgehead atoms. The summed E-state index contributed by atoms with van der Waals surface area (Å²) in [7, 11) is 4.39. The molecule has 106 valence electrons. The number of likely N-dealkylation sites (N-methyl/N-ethyl adjacent to an activating group) is 1. The minimum atomic E-state index is 0.737. The van der Waals surface area contributed by atoms with Crippen LogP contribution >= 0.6 is 0 Å². The summed E-state index contributed by atoms with van der Waals surface area (Å²) < 4.78 is 0. The molecule has 0 amide bonds. The van der Waals surface area contributed by atoms with Gasteiger partial charge in [0.25, 0.3) is 0 Å². The van der Waals surface area contributed by atoms with E-state index in [0.29, 0.717) is 0 Å². The van der Waals surface area contributed by atoms with E-state index in [0.717, 1.165) is 18.2 Å². The molecule has 1 unspecified atom stereocenters. The Morgan fingerprint density at radius 2 is 2.21 bits per heavy atom. The van der Waals surface area contributed by atoms with Crippen LogP contribution in [0.3, 0.4) is 0 Å². The van der Waals surface area contributed by atoms with Crippen molar-refractivity contribution >= 4 is 5.69 Å². The zero-order valence-corrected chi connectivity index (χ0v) is 12.3. The van der Waals surface area contributed by atoms with Gasteiger partial charge in [0.15, 0.2) is 0 Å². The molecule has 0 aliphatic carbocycles. The fourth-order valence-electron chi connectivity index (χ4n) is 2.91. The Kier molecular flexibility index (Phi) is 5.23. The van der Waals surface area contributed by atoms with E-state index in [9.17, 15) is 0 Å². The maximum absolute atomic E-state index is 5.81. The molecule has 1 aromatic rings. The normalized spacial score (nSPS) is 20.9. The number of hydrogen-bond donors (Lipinski definition) is 1. The lowest BCUT2D eigenvalue weighted by Crippen LogP contribution is -2.45. The van der Waals surface area contributed by atoms with Crippen LogP contribution in [0, 0.1) is 0 Å². The Balaban J connectivity index is 1.73. The first-order valence-corrected chi connectivity index (χ1v) is 7.38. The number of aryl methyl sites for hydroxylation is 1. The number of nitrogens with zero attached hydrogens (tertiary/aromatic N) is 2. The van der Waals surface area contributed by atoms with Gasteiger partial charge in [0, 0.05) is 18.3 Å². The van der Waals surface area contributed by atoms with Crippen LogP contribution in [0.4, 0.5) is 5.69 Å². The number of nitrogen functional groups attached to an aromatic ring is 1. The molecule has 19 heavy (non-hydrogen) atoms. The predicted molar refractivity (Wildman–Crippen MR) is 82.3 cm³/mol. The lowest BCUT2D eigenvalue weighted by molar-refractivity contribution is 0.132. The van der Waals surface area contributed by atoms with E-state index in [1.807, 2.05) is 12.1 Å². The van der Waals surface area contributed by atoms with E-state index in [1.54, 1.807) is 0 Å². The van der Waals surface area contributed by atoms with Crippen LogP contribution in [0.1, 0.15) is 24.8 Å². The number of benzene rings is 1. The molecule has 2 rings (SSSR count). The summed E-state index contributed by atoms with van der Waals surface area (Å²) in [6.07, 6.45) is 5.04. The van der Waals surface area contributed by atoms with Gasteiger partial charge in [0.05, 0.1) is 0 Å². The van der Waals surface area contributed by atoms with Gasteiger partial charge in [-0.1, -0.05) is 12.1 Å². The number of anilines is 1. The maximum Gasteiger partial charge on any atom is 0.0316 e. The second-order valence-corrected chi connectivity index (χ2v) is 5.91. The average Bonchev–Trinajstić information content (AvgIpc) is 2.39. The molecule has 0 aromatic heterocycles. The van der Waals surface area contributed by atoms with Crippen LogP contribution < -0.4 is 5.73 Å². The van der Waals surface area contributed by atoms with Crippen LogP contribution in [-0.2, 0) is 6.42 Å². The summed E-state index contributed by atoms with van der Waals surface area (Å²) >= 11 is 0. The molecule has 0 saturated carbocycles. The molecular formula is C16H27N3. The second kappa shape index (κ2) is 6.92. The molecule has 1 saturated heterocycles. The fourth-order valence-corrected chi connectivity index (χ4v) is 2.91. The summed E-state index contributed by atoms with van der Waals surface area (Å²) in [5, 5.41) is 0. The third-order valence-corrected chi connectivity index (χ3v) is 4.10. The summed E-state index contributed by atoms with van der Waals surface area (Å²) in [6.45, 7) is 3.70. The van der Waals surface area contributed by atoms with E-state index in [4.69, 9.17) is 5.73 Å². The Hall–Kier alpha value is -1.06. The quantitative estimate of drug-likeness (QED) is 0.825. The van der Waals surface area contributed by atoms with Crippen molar-refractivity contribution in [3.8, 4) is 0 Å². The average molecular weight is 261 g/mol. The van der Waals surface area contributed by atoms with E-state index in [-0.39, 0.29) is 0 Å². The van der Waals surface area contributed by atoms with E-state index in [2.05, 4.69) is 36.0 Å². The third kappa shape index (κ3) is 4.51. The van der Waals surface area contributed by atoms with Gasteiger partial charge in [-0.2, -0.15) is 0 Å². The van der Waals surface area contributed by atoms with Crippen molar-refractivity contribution in [2.24, 2.45) is 0 Å². The van der Waals surface area contributed by atoms with Gasteiger partial charge >= 0.3 is 0 Å². The first-order chi connectivity index (χ1) is 9.15. The van der Waals surface area contributed by atoms with Gasteiger partial charge in [-0.05, 0) is 70.6 Å². The summed E-state index contributed by atoms with van der Waals surface area (Å²) in [5.74, 6) is 0. The first-order valence-electron chi connectivity index (χ1n) is 7.38. The van der Waals surface area contributed by atoms with Crippen molar-refractivity contribution in [2.45, 2.75) is 31.7 Å². The smallest absolute Gasteiger partial charge is 0.0316 e. The van der Waals surface area contributed by atoms with Gasteiger partial charge in [-0.25, -0.2) is 0 Å². The topological polar surface area (TPSA) is 32.5 Å². The van der Waals surface area contributed by atoms with Crippen LogP contribution in [0.25, 0.3) is 0 Å². The molecule has 3 nitrogen and oxygen atoms in total. The minimum Gasteiger partial charge on any atom is -0.399 e. The van der Waals surface area contributed by atoms with Crippen LogP contribution in [-0.4, -0.2) is 49.6 Å². The Morgan fingerprint density at radius 1 is 1.37 bits per heavy atom. The van der Waals surface area contributed by atoms with Crippen molar-refractivity contribution in [3.05, 3.63) is 29.8 Å². The highest BCUT2D eigenvalue weighted by molar-refractivity contribution is 5.40. The minimum absolute atomic E-state index is 0.737. The Labute approximate surface area is 117 Å². The Bertz CT molecular complexity index is 389. The van der Waals surface area contributed by atoms with Gasteiger partial charge in [-0.15, -0.1) is 0 Å². The molecule has 1 aromatic carbocycles. The number of rotatable bonds is 5. The maximum atomic E-state index is 5.81. The van der Waals surface area contributed by atoms with Gasteiger partial charge in [0.2, 0.25) is 0 Å². The Morgan fingerprint density at radius 3 is 2.95 bits per heavy atom. The zero-order chi connectivity index (χ0) is 13.7. The highest BCUT2D eigenvalue weighted by Gasteiger charge is 2.20. The summed E-state index contributed by atoms with van der Waals surface area (Å²) in [5.41, 5.74) is 8.05. The highest BCUT2D eigenvalue weighted by Crippen LogP contribution is 2.15. The molecule has 1 atom stereocenters. The number of piperidine rings is 1. The third-order valence-electron chi connectivity index (χ3n) is 4.10. The molecule has 0 radical (unpaired) electrons. The highest BCUT2D eigenvalue weighted by atomic mass is 15.2. The number of likely N-dealkylation sites (tertiary alicyclic amines) is 1. The molecule has 1 heterocycles.